The molecule has 154 valence electrons. The van der Waals surface area contributed by atoms with Crippen LogP contribution in [0.1, 0.15) is 41.4 Å². The minimum atomic E-state index is -2.71. The van der Waals surface area contributed by atoms with Crippen molar-refractivity contribution >= 4 is 11.8 Å². The van der Waals surface area contributed by atoms with Crippen LogP contribution in [0.15, 0.2) is 36.5 Å². The van der Waals surface area contributed by atoms with E-state index < -0.39 is 5.92 Å². The molecule has 1 N–H and O–H groups in total. The summed E-state index contributed by atoms with van der Waals surface area (Å²) < 4.78 is 28.5. The summed E-state index contributed by atoms with van der Waals surface area (Å²) in [6.07, 6.45) is 1.07. The van der Waals surface area contributed by atoms with Crippen LogP contribution in [0.25, 0.3) is 0 Å². The number of aromatic hydroxyl groups is 1. The summed E-state index contributed by atoms with van der Waals surface area (Å²) in [4.78, 5) is 28.7. The van der Waals surface area contributed by atoms with E-state index in [2.05, 4.69) is 5.10 Å². The third kappa shape index (κ3) is 4.08. The van der Waals surface area contributed by atoms with Gasteiger partial charge in [-0.25, -0.2) is 8.78 Å². The van der Waals surface area contributed by atoms with Crippen LogP contribution in [-0.4, -0.2) is 62.1 Å². The number of carbonyl (C=O) groups is 2. The lowest BCUT2D eigenvalue weighted by molar-refractivity contribution is -0.138. The molecule has 0 unspecified atom stereocenters. The Labute approximate surface area is 166 Å². The monoisotopic (exact) mass is 404 g/mol. The van der Waals surface area contributed by atoms with Gasteiger partial charge in [-0.1, -0.05) is 6.07 Å². The highest BCUT2D eigenvalue weighted by Crippen LogP contribution is 2.30. The fourth-order valence-electron chi connectivity index (χ4n) is 3.93. The molecular formula is C20H22F2N4O3. The second-order valence-electron chi connectivity index (χ2n) is 7.60. The maximum atomic E-state index is 13.4. The normalized spacial score (nSPS) is 21.0. The number of phenols is 1. The number of halogens is 2. The Morgan fingerprint density at radius 2 is 1.93 bits per heavy atom. The number of hydrogen-bond acceptors (Lipinski definition) is 4. The van der Waals surface area contributed by atoms with Crippen molar-refractivity contribution in [3.05, 3.63) is 47.8 Å². The number of carbonyl (C=O) groups excluding carboxylic acids is 2. The van der Waals surface area contributed by atoms with Gasteiger partial charge in [-0.2, -0.15) is 5.10 Å². The number of rotatable bonds is 3. The molecule has 3 heterocycles. The summed E-state index contributed by atoms with van der Waals surface area (Å²) in [7, 11) is 0. The molecule has 4 rings (SSSR count). The molecule has 9 heteroatoms. The van der Waals surface area contributed by atoms with Gasteiger partial charge in [-0.15, -0.1) is 0 Å². The largest absolute Gasteiger partial charge is 0.508 e. The SMILES string of the molecule is O=C(C[C@@H]1CN(C(=O)c2cccc(O)c2)Cc2ccnn21)N1CCC(F)(F)CC1. The van der Waals surface area contributed by atoms with E-state index in [0.29, 0.717) is 12.1 Å². The zero-order chi connectivity index (χ0) is 20.6. The van der Waals surface area contributed by atoms with Gasteiger partial charge in [0.2, 0.25) is 5.91 Å². The number of alkyl halides is 2. The van der Waals surface area contributed by atoms with Crippen LogP contribution in [-0.2, 0) is 11.3 Å². The Morgan fingerprint density at radius 3 is 2.66 bits per heavy atom. The number of piperidine rings is 1. The standard InChI is InChI=1S/C20H22F2N4O3/c21-20(22)5-8-24(9-6-20)18(28)11-16-13-25(12-15-4-7-23-26(15)16)19(29)14-2-1-3-17(27)10-14/h1-4,7,10,16,27H,5-6,8-9,11-13H2/t16-/m1/s1. The molecule has 1 saturated heterocycles. The first-order valence-corrected chi connectivity index (χ1v) is 9.59. The van der Waals surface area contributed by atoms with Gasteiger partial charge in [-0.05, 0) is 24.3 Å². The molecule has 0 bridgehead atoms. The summed E-state index contributed by atoms with van der Waals surface area (Å²) in [6.45, 7) is 0.695. The Kier molecular flexibility index (Phi) is 4.97. The van der Waals surface area contributed by atoms with Crippen molar-refractivity contribution in [1.82, 2.24) is 19.6 Å². The number of phenolic OH excluding ortho intramolecular Hbond substituents is 1. The lowest BCUT2D eigenvalue weighted by Crippen LogP contribution is -2.46. The molecule has 0 saturated carbocycles. The predicted molar refractivity (Wildman–Crippen MR) is 99.5 cm³/mol. The molecule has 1 aromatic carbocycles. The predicted octanol–water partition coefficient (Wildman–Crippen LogP) is 2.43. The molecule has 1 fully saturated rings. The van der Waals surface area contributed by atoms with Gasteiger partial charge in [0.05, 0.1) is 24.7 Å². The highest BCUT2D eigenvalue weighted by molar-refractivity contribution is 5.94. The molecule has 0 aliphatic carbocycles. The van der Waals surface area contributed by atoms with Crippen LogP contribution in [0.2, 0.25) is 0 Å². The fraction of sp³-hybridized carbons (Fsp3) is 0.450. The minimum absolute atomic E-state index is 0.00605. The van der Waals surface area contributed by atoms with E-state index in [1.54, 1.807) is 34.0 Å². The van der Waals surface area contributed by atoms with E-state index in [1.807, 2.05) is 0 Å². The molecule has 0 radical (unpaired) electrons. The number of hydrogen-bond donors (Lipinski definition) is 1. The van der Waals surface area contributed by atoms with Crippen molar-refractivity contribution < 1.29 is 23.5 Å². The molecule has 2 aromatic rings. The number of amides is 2. The summed E-state index contributed by atoms with van der Waals surface area (Å²) in [5, 5.41) is 13.9. The second-order valence-corrected chi connectivity index (χ2v) is 7.60. The minimum Gasteiger partial charge on any atom is -0.508 e. The molecular weight excluding hydrogens is 382 g/mol. The van der Waals surface area contributed by atoms with Crippen LogP contribution in [0.3, 0.4) is 0 Å². The first-order chi connectivity index (χ1) is 13.8. The van der Waals surface area contributed by atoms with E-state index >= 15 is 0 Å². The zero-order valence-corrected chi connectivity index (χ0v) is 15.8. The maximum absolute atomic E-state index is 13.4. The van der Waals surface area contributed by atoms with Crippen molar-refractivity contribution in [1.29, 1.82) is 0 Å². The third-order valence-corrected chi connectivity index (χ3v) is 5.52. The number of benzene rings is 1. The Bertz CT molecular complexity index is 920. The van der Waals surface area contributed by atoms with E-state index in [9.17, 15) is 23.5 Å². The average Bonchev–Trinajstić information content (AvgIpc) is 3.16. The van der Waals surface area contributed by atoms with Crippen molar-refractivity contribution in [2.75, 3.05) is 19.6 Å². The average molecular weight is 404 g/mol. The van der Waals surface area contributed by atoms with E-state index in [1.165, 1.54) is 17.0 Å². The van der Waals surface area contributed by atoms with Crippen LogP contribution < -0.4 is 0 Å². The molecule has 1 aromatic heterocycles. The van der Waals surface area contributed by atoms with Crippen LogP contribution in [0.4, 0.5) is 8.78 Å². The van der Waals surface area contributed by atoms with Crippen molar-refractivity contribution in [2.45, 2.75) is 37.8 Å². The third-order valence-electron chi connectivity index (χ3n) is 5.52. The highest BCUT2D eigenvalue weighted by atomic mass is 19.3. The summed E-state index contributed by atoms with van der Waals surface area (Å²) in [5.74, 6) is -3.16. The summed E-state index contributed by atoms with van der Waals surface area (Å²) in [6, 6.07) is 7.55. The first kappa shape index (κ1) is 19.4. The Hall–Kier alpha value is -2.97. The molecule has 29 heavy (non-hydrogen) atoms. The molecule has 2 aliphatic heterocycles. The van der Waals surface area contributed by atoms with Gasteiger partial charge in [0, 0.05) is 44.2 Å². The zero-order valence-electron chi connectivity index (χ0n) is 15.8. The van der Waals surface area contributed by atoms with Gasteiger partial charge >= 0.3 is 0 Å². The smallest absolute Gasteiger partial charge is 0.254 e. The molecule has 2 amide bonds. The van der Waals surface area contributed by atoms with Crippen molar-refractivity contribution in [2.24, 2.45) is 0 Å². The van der Waals surface area contributed by atoms with E-state index in [0.717, 1.165) is 5.69 Å². The van der Waals surface area contributed by atoms with Crippen molar-refractivity contribution in [3.63, 3.8) is 0 Å². The van der Waals surface area contributed by atoms with Crippen LogP contribution >= 0.6 is 0 Å². The van der Waals surface area contributed by atoms with Crippen LogP contribution in [0, 0.1) is 0 Å². The lowest BCUT2D eigenvalue weighted by atomic mass is 10.0. The van der Waals surface area contributed by atoms with E-state index in [-0.39, 0.29) is 62.5 Å². The Balaban J connectivity index is 1.48. The van der Waals surface area contributed by atoms with Crippen LogP contribution in [0.5, 0.6) is 5.75 Å². The van der Waals surface area contributed by atoms with Crippen molar-refractivity contribution in [3.8, 4) is 5.75 Å². The summed E-state index contributed by atoms with van der Waals surface area (Å²) >= 11 is 0. The first-order valence-electron chi connectivity index (χ1n) is 9.59. The topological polar surface area (TPSA) is 78.7 Å². The number of fused-ring (bicyclic) bond motifs is 1. The molecule has 1 atom stereocenters. The highest BCUT2D eigenvalue weighted by Gasteiger charge is 2.37. The maximum Gasteiger partial charge on any atom is 0.254 e. The number of nitrogens with zero attached hydrogens (tertiary/aromatic N) is 4. The lowest BCUT2D eigenvalue weighted by Gasteiger charge is -2.36. The second kappa shape index (κ2) is 7.46. The molecule has 2 aliphatic rings. The number of aromatic nitrogens is 2. The van der Waals surface area contributed by atoms with Gasteiger partial charge in [0.15, 0.2) is 0 Å². The van der Waals surface area contributed by atoms with Gasteiger partial charge in [0.25, 0.3) is 11.8 Å². The van der Waals surface area contributed by atoms with E-state index in [4.69, 9.17) is 0 Å². The molecule has 7 nitrogen and oxygen atoms in total. The van der Waals surface area contributed by atoms with Gasteiger partial charge in [-0.3, -0.25) is 14.3 Å². The van der Waals surface area contributed by atoms with Gasteiger partial charge in [0.1, 0.15) is 5.75 Å². The number of likely N-dealkylation sites (tertiary alicyclic amines) is 1. The fourth-order valence-corrected chi connectivity index (χ4v) is 3.93. The Morgan fingerprint density at radius 1 is 1.17 bits per heavy atom. The quantitative estimate of drug-likeness (QED) is 0.852. The molecule has 0 spiro atoms. The van der Waals surface area contributed by atoms with Gasteiger partial charge < -0.3 is 14.9 Å². The summed E-state index contributed by atoms with van der Waals surface area (Å²) in [5.41, 5.74) is 1.16.